The van der Waals surface area contributed by atoms with E-state index in [0.29, 0.717) is 10.7 Å². The van der Waals surface area contributed by atoms with Crippen molar-refractivity contribution in [2.24, 2.45) is 0 Å². The van der Waals surface area contributed by atoms with Crippen LogP contribution in [0.15, 0.2) is 30.3 Å². The van der Waals surface area contributed by atoms with Gasteiger partial charge in [0.05, 0.1) is 18.3 Å². The summed E-state index contributed by atoms with van der Waals surface area (Å²) in [6.07, 6.45) is 1.94. The van der Waals surface area contributed by atoms with Gasteiger partial charge in [0.15, 0.2) is 0 Å². The Bertz CT molecular complexity index is 533. The summed E-state index contributed by atoms with van der Waals surface area (Å²) in [7, 11) is 0. The Balaban J connectivity index is 2.53. The minimum absolute atomic E-state index is 0.0940. The predicted molar refractivity (Wildman–Crippen MR) is 78.2 cm³/mol. The molecule has 0 unspecified atom stereocenters. The Morgan fingerprint density at radius 3 is 2.37 bits per heavy atom. The average Bonchev–Trinajstić information content (AvgIpc) is 2.78. The van der Waals surface area contributed by atoms with Crippen LogP contribution in [0.5, 0.6) is 0 Å². The smallest absolute Gasteiger partial charge is 0.133 e. The maximum atomic E-state index is 9.56. The van der Waals surface area contributed by atoms with Gasteiger partial charge >= 0.3 is 0 Å². The summed E-state index contributed by atoms with van der Waals surface area (Å²) in [4.78, 5) is 0. The summed E-state index contributed by atoms with van der Waals surface area (Å²) in [6.45, 7) is 4.14. The fourth-order valence-electron chi connectivity index (χ4n) is 2.29. The maximum Gasteiger partial charge on any atom is 0.133 e. The molecule has 0 bridgehead atoms. The average molecular weight is 279 g/mol. The van der Waals surface area contributed by atoms with Gasteiger partial charge in [-0.25, -0.2) is 4.68 Å². The van der Waals surface area contributed by atoms with Gasteiger partial charge in [0, 0.05) is 11.1 Å². The summed E-state index contributed by atoms with van der Waals surface area (Å²) in [5.74, 6) is 0. The third-order valence-electron chi connectivity index (χ3n) is 3.44. The molecule has 1 aromatic heterocycles. The highest BCUT2D eigenvalue weighted by Gasteiger charge is 2.20. The molecule has 102 valence electrons. The predicted octanol–water partition coefficient (Wildman–Crippen LogP) is 4.06. The second kappa shape index (κ2) is 6.22. The van der Waals surface area contributed by atoms with E-state index < -0.39 is 0 Å². The van der Waals surface area contributed by atoms with Crippen LogP contribution in [0.4, 0.5) is 0 Å². The number of benzene rings is 1. The number of hydrogen-bond donors (Lipinski definition) is 1. The molecule has 1 N–H and O–H groups in total. The standard InChI is InChI=1S/C15H19ClN2O/c1-3-12(4-2)18-15(16)13(10-19)14(17-18)11-8-6-5-7-9-11/h5-9,12,19H,3-4,10H2,1-2H3. The normalized spacial score (nSPS) is 11.2. The Morgan fingerprint density at radius 2 is 1.84 bits per heavy atom. The number of aromatic nitrogens is 2. The van der Waals surface area contributed by atoms with Crippen molar-refractivity contribution in [2.45, 2.75) is 39.3 Å². The molecule has 0 amide bonds. The van der Waals surface area contributed by atoms with E-state index in [-0.39, 0.29) is 12.6 Å². The third kappa shape index (κ3) is 2.67. The van der Waals surface area contributed by atoms with E-state index in [4.69, 9.17) is 11.6 Å². The van der Waals surface area contributed by atoms with Gasteiger partial charge in [0.2, 0.25) is 0 Å². The van der Waals surface area contributed by atoms with Gasteiger partial charge in [-0.2, -0.15) is 5.10 Å². The van der Waals surface area contributed by atoms with Gasteiger partial charge in [0.1, 0.15) is 5.15 Å². The van der Waals surface area contributed by atoms with E-state index in [0.717, 1.165) is 24.1 Å². The first-order chi connectivity index (χ1) is 9.22. The summed E-state index contributed by atoms with van der Waals surface area (Å²) in [5, 5.41) is 14.7. The van der Waals surface area contributed by atoms with Crippen molar-refractivity contribution in [1.82, 2.24) is 9.78 Å². The maximum absolute atomic E-state index is 9.56. The second-order valence-corrected chi connectivity index (χ2v) is 4.92. The number of aliphatic hydroxyl groups excluding tert-OH is 1. The minimum atomic E-state index is -0.0940. The van der Waals surface area contributed by atoms with E-state index in [9.17, 15) is 5.11 Å². The Kier molecular flexibility index (Phi) is 4.61. The number of aliphatic hydroxyl groups is 1. The molecule has 3 nitrogen and oxygen atoms in total. The van der Waals surface area contributed by atoms with Gasteiger partial charge in [-0.3, -0.25) is 0 Å². The lowest BCUT2D eigenvalue weighted by Gasteiger charge is -2.14. The van der Waals surface area contributed by atoms with Gasteiger partial charge < -0.3 is 5.11 Å². The van der Waals surface area contributed by atoms with Crippen LogP contribution in [0.2, 0.25) is 5.15 Å². The van der Waals surface area contributed by atoms with E-state index >= 15 is 0 Å². The van der Waals surface area contributed by atoms with Crippen LogP contribution in [0.25, 0.3) is 11.3 Å². The van der Waals surface area contributed by atoms with Crippen molar-refractivity contribution in [1.29, 1.82) is 0 Å². The van der Waals surface area contributed by atoms with E-state index in [2.05, 4.69) is 18.9 Å². The molecule has 4 heteroatoms. The molecule has 2 rings (SSSR count). The lowest BCUT2D eigenvalue weighted by Crippen LogP contribution is -2.08. The van der Waals surface area contributed by atoms with Crippen LogP contribution in [-0.2, 0) is 6.61 Å². The van der Waals surface area contributed by atoms with Gasteiger partial charge in [-0.15, -0.1) is 0 Å². The topological polar surface area (TPSA) is 38.0 Å². The molecule has 0 aliphatic carbocycles. The van der Waals surface area contributed by atoms with Crippen LogP contribution >= 0.6 is 11.6 Å². The van der Waals surface area contributed by atoms with Crippen molar-refractivity contribution < 1.29 is 5.11 Å². The highest BCUT2D eigenvalue weighted by Crippen LogP contribution is 2.32. The molecule has 2 aromatic rings. The van der Waals surface area contributed by atoms with Crippen molar-refractivity contribution in [3.8, 4) is 11.3 Å². The molecule has 0 aliphatic heterocycles. The molecular weight excluding hydrogens is 260 g/mol. The van der Waals surface area contributed by atoms with Crippen LogP contribution in [0, 0.1) is 0 Å². The first kappa shape index (κ1) is 14.1. The van der Waals surface area contributed by atoms with Crippen molar-refractivity contribution in [3.63, 3.8) is 0 Å². The SMILES string of the molecule is CCC(CC)n1nc(-c2ccccc2)c(CO)c1Cl. The van der Waals surface area contributed by atoms with Crippen LogP contribution in [-0.4, -0.2) is 14.9 Å². The van der Waals surface area contributed by atoms with E-state index in [1.807, 2.05) is 35.0 Å². The summed E-state index contributed by atoms with van der Waals surface area (Å²) in [6, 6.07) is 10.1. The highest BCUT2D eigenvalue weighted by molar-refractivity contribution is 6.30. The fraction of sp³-hybridized carbons (Fsp3) is 0.400. The molecule has 1 aromatic carbocycles. The largest absolute Gasteiger partial charge is 0.391 e. The zero-order valence-corrected chi connectivity index (χ0v) is 12.1. The zero-order chi connectivity index (χ0) is 13.8. The van der Waals surface area contributed by atoms with E-state index in [1.54, 1.807) is 0 Å². The van der Waals surface area contributed by atoms with Crippen molar-refractivity contribution >= 4 is 11.6 Å². The highest BCUT2D eigenvalue weighted by atomic mass is 35.5. The summed E-state index contributed by atoms with van der Waals surface area (Å²) in [5.41, 5.74) is 2.47. The molecule has 0 aliphatic rings. The lowest BCUT2D eigenvalue weighted by atomic mass is 10.1. The number of hydrogen-bond acceptors (Lipinski definition) is 2. The molecule has 0 spiro atoms. The third-order valence-corrected chi connectivity index (χ3v) is 3.84. The molecule has 0 fully saturated rings. The fourth-order valence-corrected chi connectivity index (χ4v) is 2.62. The molecule has 0 radical (unpaired) electrons. The summed E-state index contributed by atoms with van der Waals surface area (Å²) >= 11 is 6.37. The zero-order valence-electron chi connectivity index (χ0n) is 11.3. The molecule has 19 heavy (non-hydrogen) atoms. The first-order valence-corrected chi connectivity index (χ1v) is 7.03. The van der Waals surface area contributed by atoms with Crippen LogP contribution < -0.4 is 0 Å². The monoisotopic (exact) mass is 278 g/mol. The molecule has 0 atom stereocenters. The number of rotatable bonds is 5. The molecule has 1 heterocycles. The van der Waals surface area contributed by atoms with Gasteiger partial charge in [-0.05, 0) is 12.8 Å². The van der Waals surface area contributed by atoms with Crippen molar-refractivity contribution in [2.75, 3.05) is 0 Å². The Hall–Kier alpha value is -1.32. The lowest BCUT2D eigenvalue weighted by molar-refractivity contribution is 0.282. The van der Waals surface area contributed by atoms with E-state index in [1.165, 1.54) is 0 Å². The summed E-state index contributed by atoms with van der Waals surface area (Å²) < 4.78 is 1.84. The van der Waals surface area contributed by atoms with Crippen molar-refractivity contribution in [3.05, 3.63) is 41.0 Å². The molecule has 0 saturated carbocycles. The Morgan fingerprint density at radius 1 is 1.21 bits per heavy atom. The molecule has 0 saturated heterocycles. The number of nitrogens with zero attached hydrogens (tertiary/aromatic N) is 2. The quantitative estimate of drug-likeness (QED) is 0.896. The molecular formula is C15H19ClN2O. The minimum Gasteiger partial charge on any atom is -0.391 e. The first-order valence-electron chi connectivity index (χ1n) is 6.66. The Labute approximate surface area is 118 Å². The second-order valence-electron chi connectivity index (χ2n) is 4.56. The number of halogens is 1. The van der Waals surface area contributed by atoms with Gasteiger partial charge in [-0.1, -0.05) is 55.8 Å². The van der Waals surface area contributed by atoms with Crippen LogP contribution in [0.1, 0.15) is 38.3 Å². The van der Waals surface area contributed by atoms with Crippen LogP contribution in [0.3, 0.4) is 0 Å². The van der Waals surface area contributed by atoms with Gasteiger partial charge in [0.25, 0.3) is 0 Å².